The van der Waals surface area contributed by atoms with Gasteiger partial charge in [-0.25, -0.2) is 0 Å². The molecule has 118 valence electrons. The number of likely N-dealkylation sites (tertiary alicyclic amines) is 1. The Morgan fingerprint density at radius 3 is 2.73 bits per heavy atom. The second kappa shape index (κ2) is 7.59. The molecular weight excluding hydrogens is 280 g/mol. The van der Waals surface area contributed by atoms with Crippen molar-refractivity contribution >= 4 is 0 Å². The molecule has 0 amide bonds. The van der Waals surface area contributed by atoms with Crippen LogP contribution in [0.2, 0.25) is 0 Å². The second-order valence-electron chi connectivity index (χ2n) is 5.78. The molecule has 0 radical (unpaired) electrons. The molecule has 2 saturated heterocycles. The van der Waals surface area contributed by atoms with Gasteiger partial charge in [0.15, 0.2) is 6.29 Å². The third kappa shape index (κ3) is 3.98. The smallest absolute Gasteiger partial charge is 0.160 e. The van der Waals surface area contributed by atoms with Crippen molar-refractivity contribution in [1.29, 1.82) is 5.26 Å². The van der Waals surface area contributed by atoms with Crippen LogP contribution in [0.3, 0.4) is 0 Å². The highest BCUT2D eigenvalue weighted by atomic mass is 16.7. The van der Waals surface area contributed by atoms with Crippen molar-refractivity contribution in [2.24, 2.45) is 5.92 Å². The Kier molecular flexibility index (Phi) is 5.28. The summed E-state index contributed by atoms with van der Waals surface area (Å²) in [7, 11) is 0. The molecule has 0 atom stereocenters. The van der Waals surface area contributed by atoms with Crippen LogP contribution >= 0.6 is 0 Å². The quantitative estimate of drug-likeness (QED) is 0.833. The Labute approximate surface area is 131 Å². The molecule has 2 fully saturated rings. The maximum atomic E-state index is 8.87. The number of benzene rings is 1. The lowest BCUT2D eigenvalue weighted by atomic mass is 9.96. The highest BCUT2D eigenvalue weighted by molar-refractivity contribution is 5.36. The summed E-state index contributed by atoms with van der Waals surface area (Å²) in [5.74, 6) is 1.30. The van der Waals surface area contributed by atoms with Gasteiger partial charge in [-0.3, -0.25) is 4.90 Å². The molecule has 0 unspecified atom stereocenters. The first kappa shape index (κ1) is 15.3. The van der Waals surface area contributed by atoms with E-state index in [0.717, 1.165) is 51.4 Å². The average Bonchev–Trinajstić information content (AvgIpc) is 3.10. The van der Waals surface area contributed by atoms with Gasteiger partial charge in [-0.1, -0.05) is 6.07 Å². The number of nitriles is 1. The van der Waals surface area contributed by atoms with Crippen LogP contribution in [0.4, 0.5) is 0 Å². The molecule has 5 heteroatoms. The van der Waals surface area contributed by atoms with Gasteiger partial charge in [0.1, 0.15) is 12.4 Å². The fourth-order valence-electron chi connectivity index (χ4n) is 3.05. The second-order valence-corrected chi connectivity index (χ2v) is 5.78. The van der Waals surface area contributed by atoms with Crippen LogP contribution in [-0.2, 0) is 9.47 Å². The predicted molar refractivity (Wildman–Crippen MR) is 81.5 cm³/mol. The van der Waals surface area contributed by atoms with Crippen molar-refractivity contribution in [3.8, 4) is 11.8 Å². The summed E-state index contributed by atoms with van der Waals surface area (Å²) >= 11 is 0. The van der Waals surface area contributed by atoms with Crippen LogP contribution in [0.1, 0.15) is 18.4 Å². The van der Waals surface area contributed by atoms with Gasteiger partial charge in [-0.15, -0.1) is 0 Å². The maximum Gasteiger partial charge on any atom is 0.160 e. The zero-order chi connectivity index (χ0) is 15.2. The van der Waals surface area contributed by atoms with E-state index < -0.39 is 0 Å². The van der Waals surface area contributed by atoms with Crippen molar-refractivity contribution in [2.75, 3.05) is 39.5 Å². The molecule has 2 aliphatic heterocycles. The van der Waals surface area contributed by atoms with Crippen LogP contribution < -0.4 is 4.74 Å². The standard InChI is InChI=1S/C17H22N2O3/c18-13-14-2-1-3-16(12-14)20-9-8-19-6-4-15(5-7-19)17-21-10-11-22-17/h1-3,12,15,17H,4-11H2. The largest absolute Gasteiger partial charge is 0.492 e. The number of hydrogen-bond acceptors (Lipinski definition) is 5. The summed E-state index contributed by atoms with van der Waals surface area (Å²) in [5.41, 5.74) is 0.634. The third-order valence-electron chi connectivity index (χ3n) is 4.30. The van der Waals surface area contributed by atoms with Crippen LogP contribution in [0.25, 0.3) is 0 Å². The molecule has 3 rings (SSSR count). The zero-order valence-corrected chi connectivity index (χ0v) is 12.7. The Bertz CT molecular complexity index is 515. The van der Waals surface area contributed by atoms with Gasteiger partial charge in [0, 0.05) is 12.5 Å². The van der Waals surface area contributed by atoms with Crippen molar-refractivity contribution < 1.29 is 14.2 Å². The third-order valence-corrected chi connectivity index (χ3v) is 4.30. The normalized spacial score (nSPS) is 20.9. The van der Waals surface area contributed by atoms with E-state index in [4.69, 9.17) is 19.5 Å². The summed E-state index contributed by atoms with van der Waals surface area (Å²) in [6.45, 7) is 5.16. The Morgan fingerprint density at radius 2 is 2.00 bits per heavy atom. The van der Waals surface area contributed by atoms with Gasteiger partial charge < -0.3 is 14.2 Å². The number of rotatable bonds is 5. The van der Waals surface area contributed by atoms with Crippen LogP contribution in [0.5, 0.6) is 5.75 Å². The lowest BCUT2D eigenvalue weighted by molar-refractivity contribution is -0.0976. The highest BCUT2D eigenvalue weighted by Gasteiger charge is 2.30. The number of nitrogens with zero attached hydrogens (tertiary/aromatic N) is 2. The molecule has 0 spiro atoms. The van der Waals surface area contributed by atoms with Gasteiger partial charge in [-0.2, -0.15) is 5.26 Å². The van der Waals surface area contributed by atoms with Crippen molar-refractivity contribution in [3.63, 3.8) is 0 Å². The summed E-state index contributed by atoms with van der Waals surface area (Å²) in [6, 6.07) is 9.42. The van der Waals surface area contributed by atoms with E-state index in [2.05, 4.69) is 11.0 Å². The summed E-state index contributed by atoms with van der Waals surface area (Å²) in [4.78, 5) is 2.42. The summed E-state index contributed by atoms with van der Waals surface area (Å²) < 4.78 is 16.9. The monoisotopic (exact) mass is 302 g/mol. The predicted octanol–water partition coefficient (Wildman–Crippen LogP) is 2.02. The minimum absolute atomic E-state index is 0.0205. The van der Waals surface area contributed by atoms with E-state index in [1.807, 2.05) is 12.1 Å². The maximum absolute atomic E-state index is 8.87. The molecule has 5 nitrogen and oxygen atoms in total. The summed E-state index contributed by atoms with van der Waals surface area (Å²) in [6.07, 6.45) is 2.26. The van der Waals surface area contributed by atoms with Crippen LogP contribution in [0.15, 0.2) is 24.3 Å². The van der Waals surface area contributed by atoms with Crippen molar-refractivity contribution in [1.82, 2.24) is 4.90 Å². The zero-order valence-electron chi connectivity index (χ0n) is 12.7. The van der Waals surface area contributed by atoms with Gasteiger partial charge in [-0.05, 0) is 44.1 Å². The van der Waals surface area contributed by atoms with Crippen LogP contribution in [0, 0.1) is 17.2 Å². The topological polar surface area (TPSA) is 54.7 Å². The Balaban J connectivity index is 1.37. The van der Waals surface area contributed by atoms with Crippen molar-refractivity contribution in [2.45, 2.75) is 19.1 Å². The molecule has 1 aromatic rings. The van der Waals surface area contributed by atoms with E-state index in [-0.39, 0.29) is 6.29 Å². The minimum atomic E-state index is 0.0205. The summed E-state index contributed by atoms with van der Waals surface area (Å²) in [5, 5.41) is 8.87. The fraction of sp³-hybridized carbons (Fsp3) is 0.588. The molecular formula is C17H22N2O3. The van der Waals surface area contributed by atoms with Crippen LogP contribution in [-0.4, -0.2) is 50.6 Å². The average molecular weight is 302 g/mol. The lowest BCUT2D eigenvalue weighted by Gasteiger charge is -2.33. The first-order valence-electron chi connectivity index (χ1n) is 7.94. The van der Waals surface area contributed by atoms with E-state index in [0.29, 0.717) is 18.1 Å². The number of ether oxygens (including phenoxy) is 3. The molecule has 2 aliphatic rings. The first-order chi connectivity index (χ1) is 10.8. The highest BCUT2D eigenvalue weighted by Crippen LogP contribution is 2.25. The molecule has 0 aliphatic carbocycles. The molecule has 0 bridgehead atoms. The van der Waals surface area contributed by atoms with Gasteiger partial charge in [0.25, 0.3) is 0 Å². The number of hydrogen-bond donors (Lipinski definition) is 0. The van der Waals surface area contributed by atoms with E-state index in [1.165, 1.54) is 0 Å². The molecule has 0 N–H and O–H groups in total. The Morgan fingerprint density at radius 1 is 1.23 bits per heavy atom. The SMILES string of the molecule is N#Cc1cccc(OCCN2CCC(C3OCCO3)CC2)c1. The van der Waals surface area contributed by atoms with Gasteiger partial charge in [0.05, 0.1) is 24.8 Å². The number of piperidine rings is 1. The first-order valence-corrected chi connectivity index (χ1v) is 7.94. The Hall–Kier alpha value is -1.61. The van der Waals surface area contributed by atoms with E-state index in [9.17, 15) is 0 Å². The van der Waals surface area contributed by atoms with Gasteiger partial charge >= 0.3 is 0 Å². The minimum Gasteiger partial charge on any atom is -0.492 e. The van der Waals surface area contributed by atoms with E-state index in [1.54, 1.807) is 12.1 Å². The lowest BCUT2D eigenvalue weighted by Crippen LogP contribution is -2.39. The molecule has 1 aromatic carbocycles. The molecule has 22 heavy (non-hydrogen) atoms. The molecule has 0 saturated carbocycles. The van der Waals surface area contributed by atoms with Gasteiger partial charge in [0.2, 0.25) is 0 Å². The fourth-order valence-corrected chi connectivity index (χ4v) is 3.05. The molecule has 2 heterocycles. The van der Waals surface area contributed by atoms with Crippen molar-refractivity contribution in [3.05, 3.63) is 29.8 Å². The van der Waals surface area contributed by atoms with E-state index >= 15 is 0 Å². The molecule has 0 aromatic heterocycles.